The highest BCUT2D eigenvalue weighted by atomic mass is 19.4. The minimum absolute atomic E-state index is 0.0128. The average Bonchev–Trinajstić information content (AvgIpc) is 3.20. The van der Waals surface area contributed by atoms with Crippen LogP contribution in [0.4, 0.5) is 42.4 Å². The Bertz CT molecular complexity index is 1200. The molecule has 208 valence electrons. The van der Waals surface area contributed by atoms with Crippen molar-refractivity contribution in [2.75, 3.05) is 11.4 Å². The zero-order chi connectivity index (χ0) is 28.3. The van der Waals surface area contributed by atoms with Crippen LogP contribution in [0.15, 0.2) is 36.4 Å². The summed E-state index contributed by atoms with van der Waals surface area (Å²) >= 11 is 0. The summed E-state index contributed by atoms with van der Waals surface area (Å²) in [5, 5.41) is 3.07. The molecular formula is C27H31F7N4. The van der Waals surface area contributed by atoms with Gasteiger partial charge in [0.05, 0.1) is 5.69 Å². The van der Waals surface area contributed by atoms with Gasteiger partial charge in [0, 0.05) is 38.3 Å². The molecule has 1 aliphatic heterocycles. The van der Waals surface area contributed by atoms with Crippen molar-refractivity contribution in [2.24, 2.45) is 0 Å². The van der Waals surface area contributed by atoms with Gasteiger partial charge in [-0.1, -0.05) is 36.8 Å². The molecule has 0 atom stereocenters. The third-order valence-corrected chi connectivity index (χ3v) is 6.17. The van der Waals surface area contributed by atoms with Crippen LogP contribution in [-0.2, 0) is 25.8 Å². The summed E-state index contributed by atoms with van der Waals surface area (Å²) in [6, 6.07) is 9.99. The highest BCUT2D eigenvalue weighted by Crippen LogP contribution is 2.39. The summed E-state index contributed by atoms with van der Waals surface area (Å²) in [4.78, 5) is 6.01. The molecule has 0 saturated heterocycles. The first-order chi connectivity index (χ1) is 17.7. The van der Waals surface area contributed by atoms with Gasteiger partial charge >= 0.3 is 12.4 Å². The number of rotatable bonds is 5. The summed E-state index contributed by atoms with van der Waals surface area (Å²) in [6.07, 6.45) is -8.52. The van der Waals surface area contributed by atoms with E-state index in [1.165, 1.54) is 12.1 Å². The number of nitrogens with one attached hydrogen (secondary N) is 1. The number of halogens is 7. The Morgan fingerprint density at radius 2 is 1.47 bits per heavy atom. The van der Waals surface area contributed by atoms with Crippen LogP contribution in [0.3, 0.4) is 0 Å². The quantitative estimate of drug-likeness (QED) is 0.334. The van der Waals surface area contributed by atoms with E-state index in [-0.39, 0.29) is 18.1 Å². The van der Waals surface area contributed by atoms with E-state index < -0.39 is 24.5 Å². The lowest BCUT2D eigenvalue weighted by Gasteiger charge is -2.32. The molecule has 1 aromatic heterocycles. The lowest BCUT2D eigenvalue weighted by atomic mass is 10.0. The fourth-order valence-corrected chi connectivity index (χ4v) is 4.54. The molecule has 1 N–H and O–H groups in total. The van der Waals surface area contributed by atoms with Gasteiger partial charge in [0.2, 0.25) is 5.95 Å². The molecular weight excluding hydrogens is 513 g/mol. The first-order valence-electron chi connectivity index (χ1n) is 12.2. The Hall–Kier alpha value is -3.08. The van der Waals surface area contributed by atoms with Gasteiger partial charge in [-0.3, -0.25) is 0 Å². The predicted molar refractivity (Wildman–Crippen MR) is 133 cm³/mol. The topological polar surface area (TPSA) is 33.1 Å². The van der Waals surface area contributed by atoms with Gasteiger partial charge in [-0.25, -0.2) is 9.37 Å². The van der Waals surface area contributed by atoms with Crippen LogP contribution in [-0.4, -0.2) is 22.3 Å². The Morgan fingerprint density at radius 1 is 0.895 bits per heavy atom. The van der Waals surface area contributed by atoms with E-state index in [1.54, 1.807) is 16.7 Å². The third-order valence-electron chi connectivity index (χ3n) is 6.17. The van der Waals surface area contributed by atoms with Gasteiger partial charge in [0.25, 0.3) is 0 Å². The maximum atomic E-state index is 13.9. The number of alkyl halides is 6. The maximum absolute atomic E-state index is 13.9. The molecule has 38 heavy (non-hydrogen) atoms. The molecule has 0 amide bonds. The van der Waals surface area contributed by atoms with Crippen molar-refractivity contribution in [2.45, 2.75) is 72.5 Å². The molecule has 2 aromatic carbocycles. The van der Waals surface area contributed by atoms with Gasteiger partial charge in [-0.2, -0.15) is 26.3 Å². The van der Waals surface area contributed by atoms with Crippen molar-refractivity contribution >= 4 is 11.6 Å². The zero-order valence-corrected chi connectivity index (χ0v) is 21.7. The first kappa shape index (κ1) is 29.5. The lowest BCUT2D eigenvalue weighted by Crippen LogP contribution is -2.30. The van der Waals surface area contributed by atoms with Crippen molar-refractivity contribution in [3.63, 3.8) is 0 Å². The SMILES string of the molecule is CCC(F)(F)F.Cc1cc(C)c(N2CCCn3c2nc(C(F)(F)F)c3CNCc2ccc(F)cc2)c(C)c1. The number of hydrogen-bond donors (Lipinski definition) is 1. The second-order valence-corrected chi connectivity index (χ2v) is 9.31. The molecule has 3 aromatic rings. The van der Waals surface area contributed by atoms with Gasteiger partial charge < -0.3 is 14.8 Å². The molecule has 0 fully saturated rings. The van der Waals surface area contributed by atoms with Gasteiger partial charge in [0.1, 0.15) is 5.82 Å². The first-order valence-corrected chi connectivity index (χ1v) is 12.2. The van der Waals surface area contributed by atoms with Crippen LogP contribution in [0, 0.1) is 26.6 Å². The molecule has 11 heteroatoms. The molecule has 0 spiro atoms. The number of benzene rings is 2. The van der Waals surface area contributed by atoms with Crippen molar-refractivity contribution < 1.29 is 30.7 Å². The van der Waals surface area contributed by atoms with E-state index >= 15 is 0 Å². The molecule has 0 bridgehead atoms. The molecule has 0 saturated carbocycles. The van der Waals surface area contributed by atoms with Gasteiger partial charge in [-0.05, 0) is 56.0 Å². The monoisotopic (exact) mass is 544 g/mol. The number of nitrogens with zero attached hydrogens (tertiary/aromatic N) is 3. The number of aromatic nitrogens is 2. The summed E-state index contributed by atoms with van der Waals surface area (Å²) in [7, 11) is 0. The average molecular weight is 545 g/mol. The number of aryl methyl sites for hydroxylation is 3. The second kappa shape index (κ2) is 11.8. The van der Waals surface area contributed by atoms with E-state index in [2.05, 4.69) is 10.3 Å². The Balaban J connectivity index is 0.000000599. The van der Waals surface area contributed by atoms with Crippen LogP contribution in [0.5, 0.6) is 0 Å². The Kier molecular flexibility index (Phi) is 9.12. The summed E-state index contributed by atoms with van der Waals surface area (Å²) in [5.41, 5.74) is 4.14. The molecule has 0 unspecified atom stereocenters. The summed E-state index contributed by atoms with van der Waals surface area (Å²) in [5.74, 6) is -0.0167. The number of imidazole rings is 1. The zero-order valence-electron chi connectivity index (χ0n) is 21.7. The standard InChI is InChI=1S/C24H26F4N4.C3H5F3/c1-15-11-16(2)21(17(3)12-15)32-10-4-9-31-20(22(24(26,27)28)30-23(31)32)14-29-13-18-5-7-19(25)8-6-18;1-2-3(4,5)6/h5-8,11-12,29H,4,9-10,13-14H2,1-3H3;2H2,1H3. The second-order valence-electron chi connectivity index (χ2n) is 9.31. The number of hydrogen-bond acceptors (Lipinski definition) is 3. The largest absolute Gasteiger partial charge is 0.435 e. The van der Waals surface area contributed by atoms with Gasteiger partial charge in [-0.15, -0.1) is 0 Å². The highest BCUT2D eigenvalue weighted by molar-refractivity contribution is 5.68. The molecule has 0 aliphatic carbocycles. The van der Waals surface area contributed by atoms with Crippen molar-refractivity contribution in [3.05, 3.63) is 75.9 Å². The highest BCUT2D eigenvalue weighted by Gasteiger charge is 2.40. The Morgan fingerprint density at radius 3 is 2.00 bits per heavy atom. The molecule has 0 radical (unpaired) electrons. The summed E-state index contributed by atoms with van der Waals surface area (Å²) < 4.78 is 88.9. The molecule has 2 heterocycles. The fraction of sp³-hybridized carbons (Fsp3) is 0.444. The Labute approximate surface area is 217 Å². The van der Waals surface area contributed by atoms with E-state index in [4.69, 9.17) is 0 Å². The molecule has 4 rings (SSSR count). The maximum Gasteiger partial charge on any atom is 0.435 e. The minimum atomic E-state index is -4.56. The number of fused-ring (bicyclic) bond motifs is 1. The lowest BCUT2D eigenvalue weighted by molar-refractivity contribution is -0.141. The van der Waals surface area contributed by atoms with Gasteiger partial charge in [0.15, 0.2) is 5.69 Å². The van der Waals surface area contributed by atoms with E-state index in [0.717, 1.165) is 41.3 Å². The fourth-order valence-electron chi connectivity index (χ4n) is 4.54. The normalized spacial score (nSPS) is 13.7. The number of anilines is 2. The van der Waals surface area contributed by atoms with E-state index in [0.29, 0.717) is 25.6 Å². The van der Waals surface area contributed by atoms with Crippen molar-refractivity contribution in [1.29, 1.82) is 0 Å². The van der Waals surface area contributed by atoms with Crippen LogP contribution in [0.25, 0.3) is 0 Å². The van der Waals surface area contributed by atoms with E-state index in [1.807, 2.05) is 37.8 Å². The van der Waals surface area contributed by atoms with Crippen molar-refractivity contribution in [1.82, 2.24) is 14.9 Å². The van der Waals surface area contributed by atoms with E-state index in [9.17, 15) is 30.7 Å². The van der Waals surface area contributed by atoms with Crippen LogP contribution in [0.1, 0.15) is 53.4 Å². The van der Waals surface area contributed by atoms with Crippen LogP contribution < -0.4 is 10.2 Å². The minimum Gasteiger partial charge on any atom is -0.312 e. The molecule has 4 nitrogen and oxygen atoms in total. The molecule has 1 aliphatic rings. The summed E-state index contributed by atoms with van der Waals surface area (Å²) in [6.45, 7) is 8.48. The van der Waals surface area contributed by atoms with Crippen LogP contribution in [0.2, 0.25) is 0 Å². The smallest absolute Gasteiger partial charge is 0.312 e. The van der Waals surface area contributed by atoms with Crippen LogP contribution >= 0.6 is 0 Å². The van der Waals surface area contributed by atoms with Crippen molar-refractivity contribution in [3.8, 4) is 0 Å². The third kappa shape index (κ3) is 7.27. The predicted octanol–water partition coefficient (Wildman–Crippen LogP) is 7.76.